The van der Waals surface area contributed by atoms with Crippen LogP contribution in [0.2, 0.25) is 0 Å². The summed E-state index contributed by atoms with van der Waals surface area (Å²) in [6.07, 6.45) is -2.19. The maximum Gasteiger partial charge on any atom is 0.437 e. The zero-order chi connectivity index (χ0) is 53.9. The monoisotopic (exact) mass is 991 g/mol. The Morgan fingerprint density at radius 3 is 1.36 bits per heavy atom. The highest BCUT2D eigenvalue weighted by atomic mass is 16.6. The Labute approximate surface area is 415 Å². The van der Waals surface area contributed by atoms with Gasteiger partial charge < -0.3 is 38.5 Å². The molecule has 0 aromatic heterocycles. The summed E-state index contributed by atoms with van der Waals surface area (Å²) in [5.41, 5.74) is -4.87. The topological polar surface area (TPSA) is 258 Å². The lowest BCUT2D eigenvalue weighted by Gasteiger charge is -2.34. The van der Waals surface area contributed by atoms with Crippen molar-refractivity contribution >= 4 is 54.3 Å². The first kappa shape index (κ1) is 61.9. The van der Waals surface area contributed by atoms with E-state index in [2.05, 4.69) is 25.9 Å². The molecule has 0 fully saturated rings. The van der Waals surface area contributed by atoms with E-state index in [0.29, 0.717) is 50.0 Å². The molecular weight excluding hydrogens is 909 g/mol. The second-order valence-electron chi connectivity index (χ2n) is 22.1. The quantitative estimate of drug-likeness (QED) is 0.0585. The first-order chi connectivity index (χ1) is 31.8. The highest BCUT2D eigenvalue weighted by molar-refractivity contribution is 6.05. The standard InChI is InChI=1S/C49H82N8O13/c1-44(2,3)65-38(58)52-35(50)33-25-27-34(28-26-33)64-32-24-31-57(43(63)70-49(16,17)18)37(55-41(61)68-47(10,11)12)56(42(62)69-48(13,14)15)30-23-21-19-20-22-29-51-36(53-39(59)66-45(4,5)6)54-40(60)67-46(7,8)9/h25-28H,19-24,29-32H2,1-18H3,(H2,50,52,58)(H2,51,53,54,59,60)/b55-37+. The zero-order valence-electron chi connectivity index (χ0n) is 45.0. The van der Waals surface area contributed by atoms with Crippen molar-refractivity contribution in [3.05, 3.63) is 29.8 Å². The van der Waals surface area contributed by atoms with Gasteiger partial charge >= 0.3 is 36.6 Å². The molecule has 0 radical (unpaired) electrons. The Bertz CT molecular complexity index is 1980. The van der Waals surface area contributed by atoms with Crippen LogP contribution in [0, 0.1) is 5.41 Å². The Morgan fingerprint density at radius 1 is 0.500 bits per heavy atom. The number of unbranched alkanes of at least 4 members (excludes halogenated alkanes) is 4. The van der Waals surface area contributed by atoms with E-state index in [9.17, 15) is 28.8 Å². The molecule has 1 aromatic carbocycles. The average molecular weight is 991 g/mol. The van der Waals surface area contributed by atoms with E-state index in [1.54, 1.807) is 149 Å². The number of amides is 6. The molecule has 0 aliphatic heterocycles. The number of carbonyl (C=O) groups excluding carboxylic acids is 6. The molecule has 70 heavy (non-hydrogen) atoms. The summed E-state index contributed by atoms with van der Waals surface area (Å²) >= 11 is 0. The van der Waals surface area contributed by atoms with E-state index in [1.165, 1.54) is 0 Å². The lowest BCUT2D eigenvalue weighted by atomic mass is 10.1. The van der Waals surface area contributed by atoms with Crippen LogP contribution in [-0.2, 0) is 28.4 Å². The molecule has 0 spiro atoms. The Balaban J connectivity index is 3.35. The summed E-state index contributed by atoms with van der Waals surface area (Å²) in [4.78, 5) is 89.1. The second kappa shape index (κ2) is 26.7. The molecule has 0 saturated carbocycles. The number of hydrogen-bond acceptors (Lipinski definition) is 14. The summed E-state index contributed by atoms with van der Waals surface area (Å²) in [7, 11) is 0. The number of nitrogens with one attached hydrogen (secondary N) is 4. The van der Waals surface area contributed by atoms with Crippen LogP contribution in [0.5, 0.6) is 5.75 Å². The van der Waals surface area contributed by atoms with Gasteiger partial charge in [-0.05, 0) is 168 Å². The van der Waals surface area contributed by atoms with Crippen LogP contribution >= 0.6 is 0 Å². The van der Waals surface area contributed by atoms with Gasteiger partial charge in [0.1, 0.15) is 45.2 Å². The van der Waals surface area contributed by atoms with E-state index in [4.69, 9.17) is 38.6 Å². The van der Waals surface area contributed by atoms with Crippen molar-refractivity contribution in [1.82, 2.24) is 25.8 Å². The highest BCUT2D eigenvalue weighted by Crippen LogP contribution is 2.20. The van der Waals surface area contributed by atoms with Gasteiger partial charge in [0.15, 0.2) is 0 Å². The number of guanidine groups is 2. The van der Waals surface area contributed by atoms with Crippen LogP contribution in [-0.4, -0.2) is 124 Å². The molecule has 0 heterocycles. The number of aliphatic imine (C=N–C) groups is 2. The molecule has 0 aliphatic rings. The first-order valence-corrected chi connectivity index (χ1v) is 23.5. The molecule has 21 nitrogen and oxygen atoms in total. The van der Waals surface area contributed by atoms with Crippen LogP contribution < -0.4 is 20.7 Å². The summed E-state index contributed by atoms with van der Waals surface area (Å²) in [6, 6.07) is 6.42. The van der Waals surface area contributed by atoms with E-state index in [0.717, 1.165) is 9.80 Å². The van der Waals surface area contributed by atoms with Crippen molar-refractivity contribution in [2.45, 2.75) is 197 Å². The molecule has 0 aliphatic carbocycles. The predicted octanol–water partition coefficient (Wildman–Crippen LogP) is 10.4. The van der Waals surface area contributed by atoms with E-state index in [1.807, 2.05) is 0 Å². The summed E-state index contributed by atoms with van der Waals surface area (Å²) < 4.78 is 38.9. The third kappa shape index (κ3) is 29.7. The summed E-state index contributed by atoms with van der Waals surface area (Å²) in [5, 5.41) is 16.1. The fraction of sp³-hybridized carbons (Fsp3) is 0.694. The van der Waals surface area contributed by atoms with Crippen molar-refractivity contribution in [2.75, 3.05) is 26.2 Å². The van der Waals surface area contributed by atoms with E-state index in [-0.39, 0.29) is 43.9 Å². The summed E-state index contributed by atoms with van der Waals surface area (Å²) in [6.45, 7) is 30.6. The first-order valence-electron chi connectivity index (χ1n) is 23.5. The number of alkyl carbamates (subject to hydrolysis) is 2. The zero-order valence-corrected chi connectivity index (χ0v) is 45.0. The van der Waals surface area contributed by atoms with Crippen LogP contribution in [0.3, 0.4) is 0 Å². The molecule has 0 atom stereocenters. The van der Waals surface area contributed by atoms with Crippen molar-refractivity contribution in [1.29, 1.82) is 5.41 Å². The van der Waals surface area contributed by atoms with Gasteiger partial charge in [0, 0.05) is 25.2 Å². The minimum atomic E-state index is -1.06. The van der Waals surface area contributed by atoms with Gasteiger partial charge in [0.2, 0.25) is 11.9 Å². The molecule has 1 rings (SSSR count). The molecule has 4 N–H and O–H groups in total. The average Bonchev–Trinajstić information content (AvgIpc) is 3.12. The van der Waals surface area contributed by atoms with Crippen LogP contribution in [0.15, 0.2) is 34.3 Å². The highest BCUT2D eigenvalue weighted by Gasteiger charge is 2.35. The minimum absolute atomic E-state index is 0.0266. The van der Waals surface area contributed by atoms with Crippen molar-refractivity contribution in [3.63, 3.8) is 0 Å². The molecule has 21 heteroatoms. The van der Waals surface area contributed by atoms with Gasteiger partial charge in [-0.25, -0.2) is 38.6 Å². The minimum Gasteiger partial charge on any atom is -0.494 e. The Hall–Kier alpha value is -6.15. The number of carbonyl (C=O) groups is 6. The Morgan fingerprint density at radius 2 is 0.900 bits per heavy atom. The van der Waals surface area contributed by atoms with Crippen LogP contribution in [0.4, 0.5) is 28.8 Å². The maximum atomic E-state index is 14.1. The molecule has 396 valence electrons. The molecule has 1 aromatic rings. The second-order valence-corrected chi connectivity index (χ2v) is 22.1. The summed E-state index contributed by atoms with van der Waals surface area (Å²) in [5.74, 6) is -0.229. The third-order valence-corrected chi connectivity index (χ3v) is 7.93. The van der Waals surface area contributed by atoms with Gasteiger partial charge in [-0.15, -0.1) is 9.98 Å². The van der Waals surface area contributed by atoms with Crippen molar-refractivity contribution in [3.8, 4) is 5.75 Å². The number of hydrogen-bond donors (Lipinski definition) is 4. The molecule has 0 saturated heterocycles. The van der Waals surface area contributed by atoms with Gasteiger partial charge in [0.25, 0.3) is 0 Å². The Kier molecular flexibility index (Phi) is 23.6. The van der Waals surface area contributed by atoms with E-state index < -0.39 is 70.2 Å². The number of amidine groups is 1. The normalized spacial score (nSPS) is 12.7. The van der Waals surface area contributed by atoms with Crippen LogP contribution in [0.1, 0.15) is 169 Å². The van der Waals surface area contributed by atoms with Gasteiger partial charge in [-0.2, -0.15) is 0 Å². The molecule has 6 amide bonds. The third-order valence-electron chi connectivity index (χ3n) is 7.93. The van der Waals surface area contributed by atoms with Crippen molar-refractivity contribution < 1.29 is 61.9 Å². The lowest BCUT2D eigenvalue weighted by molar-refractivity contribution is 0.0267. The van der Waals surface area contributed by atoms with Gasteiger partial charge in [-0.3, -0.25) is 16.0 Å². The van der Waals surface area contributed by atoms with Gasteiger partial charge in [0.05, 0.1) is 6.61 Å². The number of rotatable bonds is 14. The smallest absolute Gasteiger partial charge is 0.437 e. The maximum absolute atomic E-state index is 14.1. The van der Waals surface area contributed by atoms with Gasteiger partial charge in [-0.1, -0.05) is 19.3 Å². The number of nitrogens with zero attached hydrogens (tertiary/aromatic N) is 4. The molecular formula is C49H82N8O13. The van der Waals surface area contributed by atoms with Crippen LogP contribution in [0.25, 0.3) is 0 Å². The number of ether oxygens (including phenoxy) is 7. The predicted molar refractivity (Wildman–Crippen MR) is 266 cm³/mol. The number of benzene rings is 1. The largest absolute Gasteiger partial charge is 0.494 e. The van der Waals surface area contributed by atoms with Crippen molar-refractivity contribution in [2.24, 2.45) is 9.98 Å². The lowest BCUT2D eigenvalue weighted by Crippen LogP contribution is -2.53. The fourth-order valence-electron chi connectivity index (χ4n) is 5.44. The molecule has 0 bridgehead atoms. The van der Waals surface area contributed by atoms with E-state index >= 15 is 0 Å². The fourth-order valence-corrected chi connectivity index (χ4v) is 5.44. The SMILES string of the molecule is CC(C)(C)OC(=O)/N=C(/NCCCCCCCN(C(=O)OC(C)(C)C)/C(=N\C(=O)OC(C)(C)C)N(CCCOc1ccc(C(=N)NC(=O)OC(C)(C)C)cc1)C(=O)OC(C)(C)C)NC(=O)OC(C)(C)C. The molecule has 0 unspecified atom stereocenters.